The van der Waals surface area contributed by atoms with Gasteiger partial charge in [0.05, 0.1) is 5.69 Å². The third kappa shape index (κ3) is 2.28. The highest BCUT2D eigenvalue weighted by molar-refractivity contribution is 9.10. The average molecular weight is 232 g/mol. The summed E-state index contributed by atoms with van der Waals surface area (Å²) >= 11 is 3.26. The van der Waals surface area contributed by atoms with Crippen LogP contribution in [0.3, 0.4) is 0 Å². The predicted molar refractivity (Wildman–Crippen MR) is 50.4 cm³/mol. The van der Waals surface area contributed by atoms with Gasteiger partial charge < -0.3 is 0 Å². The molecule has 1 rings (SSSR count). The average Bonchev–Trinajstić information content (AvgIpc) is 2.05. The molecule has 5 heteroatoms. The van der Waals surface area contributed by atoms with E-state index in [1.807, 2.05) is 6.07 Å². The van der Waals surface area contributed by atoms with Gasteiger partial charge in [0, 0.05) is 4.47 Å². The fraction of sp³-hybridized carbons (Fsp3) is 0. The van der Waals surface area contributed by atoms with Crippen molar-refractivity contribution < 1.29 is 4.48 Å². The minimum absolute atomic E-state index is 0.658. The maximum absolute atomic E-state index is 11.5. The molecule has 3 nitrogen and oxygen atoms in total. The normalized spacial score (nSPS) is 10.6. The Morgan fingerprint density at radius 1 is 1.58 bits per heavy atom. The summed E-state index contributed by atoms with van der Waals surface area (Å²) in [6.07, 6.45) is 0.891. The Balaban J connectivity index is 2.87. The highest BCUT2D eigenvalue weighted by Crippen LogP contribution is 2.16. The van der Waals surface area contributed by atoms with Gasteiger partial charge in [0.15, 0.2) is 0 Å². The smallest absolute Gasteiger partial charge is 0.143 e. The molecule has 0 saturated carbocycles. The molecular formula is C7H7BrFN3. The monoisotopic (exact) mass is 231 g/mol. The fourth-order valence-corrected chi connectivity index (χ4v) is 1.14. The SMILES string of the molecule is NN(/C=N\F)c1cccc(Br)c1. The van der Waals surface area contributed by atoms with Crippen LogP contribution in [0.25, 0.3) is 0 Å². The second kappa shape index (κ2) is 4.18. The molecule has 1 aromatic rings. The number of rotatable bonds is 2. The quantitative estimate of drug-likeness (QED) is 0.367. The third-order valence-electron chi connectivity index (χ3n) is 1.27. The number of hydrazine groups is 1. The van der Waals surface area contributed by atoms with E-state index in [1.165, 1.54) is 0 Å². The maximum atomic E-state index is 11.5. The van der Waals surface area contributed by atoms with Crippen molar-refractivity contribution in [2.75, 3.05) is 5.01 Å². The Bertz CT molecular complexity index is 290. The summed E-state index contributed by atoms with van der Waals surface area (Å²) in [7, 11) is 0. The molecule has 0 radical (unpaired) electrons. The van der Waals surface area contributed by atoms with Crippen molar-refractivity contribution in [2.24, 2.45) is 11.1 Å². The van der Waals surface area contributed by atoms with Crippen molar-refractivity contribution in [1.29, 1.82) is 0 Å². The van der Waals surface area contributed by atoms with Crippen LogP contribution in [-0.2, 0) is 0 Å². The van der Waals surface area contributed by atoms with Gasteiger partial charge in [-0.1, -0.05) is 31.7 Å². The van der Waals surface area contributed by atoms with E-state index >= 15 is 0 Å². The van der Waals surface area contributed by atoms with Crippen molar-refractivity contribution in [1.82, 2.24) is 0 Å². The first kappa shape index (κ1) is 9.15. The zero-order chi connectivity index (χ0) is 8.97. The van der Waals surface area contributed by atoms with Crippen LogP contribution in [0.2, 0.25) is 0 Å². The first-order chi connectivity index (χ1) is 5.74. The summed E-state index contributed by atoms with van der Waals surface area (Å²) in [6, 6.07) is 7.14. The van der Waals surface area contributed by atoms with Gasteiger partial charge in [-0.3, -0.25) is 5.01 Å². The minimum atomic E-state index is 0.658. The Hall–Kier alpha value is -0.940. The van der Waals surface area contributed by atoms with Gasteiger partial charge in [-0.25, -0.2) is 5.84 Å². The van der Waals surface area contributed by atoms with E-state index in [0.29, 0.717) is 5.69 Å². The van der Waals surface area contributed by atoms with Crippen LogP contribution in [0.15, 0.2) is 34.0 Å². The molecule has 0 amide bonds. The minimum Gasteiger partial charge on any atom is -0.266 e. The van der Waals surface area contributed by atoms with E-state index in [0.717, 1.165) is 15.8 Å². The van der Waals surface area contributed by atoms with Crippen LogP contribution in [-0.4, -0.2) is 6.34 Å². The number of nitrogens with two attached hydrogens (primary N) is 1. The zero-order valence-corrected chi connectivity index (χ0v) is 7.70. The van der Waals surface area contributed by atoms with E-state index < -0.39 is 0 Å². The summed E-state index contributed by atoms with van der Waals surface area (Å²) in [5.41, 5.74) is 0.658. The summed E-state index contributed by atoms with van der Waals surface area (Å²) < 4.78 is 12.3. The van der Waals surface area contributed by atoms with Crippen molar-refractivity contribution in [3.8, 4) is 0 Å². The Kier molecular flexibility index (Phi) is 3.19. The second-order valence-electron chi connectivity index (χ2n) is 2.10. The lowest BCUT2D eigenvalue weighted by atomic mass is 10.3. The van der Waals surface area contributed by atoms with Crippen LogP contribution >= 0.6 is 15.9 Å². The largest absolute Gasteiger partial charge is 0.266 e. The molecule has 0 aliphatic carbocycles. The lowest BCUT2D eigenvalue weighted by molar-refractivity contribution is 0.539. The van der Waals surface area contributed by atoms with E-state index in [4.69, 9.17) is 5.84 Å². The third-order valence-corrected chi connectivity index (χ3v) is 1.77. The molecule has 2 N–H and O–H groups in total. The molecule has 0 bridgehead atoms. The topological polar surface area (TPSA) is 41.6 Å². The summed E-state index contributed by atoms with van der Waals surface area (Å²) in [5, 5.41) is 3.39. The van der Waals surface area contributed by atoms with Gasteiger partial charge in [0.1, 0.15) is 6.34 Å². The van der Waals surface area contributed by atoms with Crippen molar-refractivity contribution >= 4 is 28.0 Å². The molecule has 0 aliphatic heterocycles. The molecule has 0 aromatic heterocycles. The Morgan fingerprint density at radius 2 is 2.33 bits per heavy atom. The number of halogens is 2. The van der Waals surface area contributed by atoms with Crippen LogP contribution in [0, 0.1) is 0 Å². The highest BCUT2D eigenvalue weighted by Gasteiger charge is 1.97. The van der Waals surface area contributed by atoms with Crippen molar-refractivity contribution in [2.45, 2.75) is 0 Å². The number of hydrogen-bond acceptors (Lipinski definition) is 2. The highest BCUT2D eigenvalue weighted by atomic mass is 79.9. The van der Waals surface area contributed by atoms with Gasteiger partial charge in [-0.15, -0.1) is 0 Å². The van der Waals surface area contributed by atoms with E-state index in [2.05, 4.69) is 21.1 Å². The number of nitrogens with zero attached hydrogens (tertiary/aromatic N) is 2. The number of anilines is 1. The molecule has 0 fully saturated rings. The van der Waals surface area contributed by atoms with Gasteiger partial charge in [-0.2, -0.15) is 0 Å². The lowest BCUT2D eigenvalue weighted by Gasteiger charge is -2.10. The molecular weight excluding hydrogens is 225 g/mol. The standard InChI is InChI=1S/C7H7BrFN3/c8-6-2-1-3-7(4-6)12(10)5-11-9/h1-5H,10H2/b11-5-. The zero-order valence-electron chi connectivity index (χ0n) is 6.11. The van der Waals surface area contributed by atoms with Crippen molar-refractivity contribution in [3.05, 3.63) is 28.7 Å². The van der Waals surface area contributed by atoms with Gasteiger partial charge in [-0.05, 0) is 18.2 Å². The second-order valence-corrected chi connectivity index (χ2v) is 3.02. The van der Waals surface area contributed by atoms with Crippen LogP contribution in [0.4, 0.5) is 10.2 Å². The number of benzene rings is 1. The molecule has 64 valence electrons. The van der Waals surface area contributed by atoms with E-state index in [1.54, 1.807) is 18.2 Å². The molecule has 0 atom stereocenters. The molecule has 0 saturated heterocycles. The van der Waals surface area contributed by atoms with E-state index in [-0.39, 0.29) is 0 Å². The Morgan fingerprint density at radius 3 is 2.92 bits per heavy atom. The van der Waals surface area contributed by atoms with Crippen LogP contribution < -0.4 is 10.9 Å². The number of hydrogen-bond donors (Lipinski definition) is 1. The Labute approximate surface area is 77.7 Å². The first-order valence-corrected chi connectivity index (χ1v) is 3.97. The van der Waals surface area contributed by atoms with Crippen LogP contribution in [0.5, 0.6) is 0 Å². The maximum Gasteiger partial charge on any atom is 0.143 e. The van der Waals surface area contributed by atoms with Gasteiger partial charge >= 0.3 is 0 Å². The lowest BCUT2D eigenvalue weighted by Crippen LogP contribution is -2.28. The molecule has 0 unspecified atom stereocenters. The summed E-state index contributed by atoms with van der Waals surface area (Å²) in [6.45, 7) is 0. The predicted octanol–water partition coefficient (Wildman–Crippen LogP) is 2.04. The summed E-state index contributed by atoms with van der Waals surface area (Å²) in [4.78, 5) is 0. The summed E-state index contributed by atoms with van der Waals surface area (Å²) in [5.74, 6) is 5.40. The van der Waals surface area contributed by atoms with Crippen LogP contribution in [0.1, 0.15) is 0 Å². The fourth-order valence-electron chi connectivity index (χ4n) is 0.750. The molecule has 12 heavy (non-hydrogen) atoms. The molecule has 0 spiro atoms. The van der Waals surface area contributed by atoms with Crippen molar-refractivity contribution in [3.63, 3.8) is 0 Å². The van der Waals surface area contributed by atoms with Gasteiger partial charge in [0.2, 0.25) is 0 Å². The van der Waals surface area contributed by atoms with Gasteiger partial charge in [0.25, 0.3) is 0 Å². The molecule has 0 aliphatic rings. The molecule has 0 heterocycles. The van der Waals surface area contributed by atoms with E-state index in [9.17, 15) is 4.48 Å². The first-order valence-electron chi connectivity index (χ1n) is 3.18. The molecule has 1 aromatic carbocycles.